The van der Waals surface area contributed by atoms with Crippen LogP contribution in [-0.4, -0.2) is 32.5 Å². The quantitative estimate of drug-likeness (QED) is 0.492. The van der Waals surface area contributed by atoms with Gasteiger partial charge in [-0.3, -0.25) is 9.36 Å². The molecule has 0 radical (unpaired) electrons. The number of nitrogens with one attached hydrogen (secondary N) is 1. The highest BCUT2D eigenvalue weighted by Crippen LogP contribution is 2.23. The predicted molar refractivity (Wildman–Crippen MR) is 116 cm³/mol. The summed E-state index contributed by atoms with van der Waals surface area (Å²) in [5, 5.41) is 12.4. The molecule has 0 spiro atoms. The molecule has 1 amide bonds. The highest BCUT2D eigenvalue weighted by Gasteiger charge is 2.18. The smallest absolute Gasteiger partial charge is 0.230 e. The van der Waals surface area contributed by atoms with Gasteiger partial charge >= 0.3 is 0 Å². The highest BCUT2D eigenvalue weighted by molar-refractivity contribution is 7.99. The van der Waals surface area contributed by atoms with E-state index in [1.54, 1.807) is 6.08 Å². The minimum absolute atomic E-state index is 0.0586. The number of amides is 1. The van der Waals surface area contributed by atoms with Crippen molar-refractivity contribution in [3.05, 3.63) is 47.8 Å². The van der Waals surface area contributed by atoms with Gasteiger partial charge in [0.05, 0.1) is 5.75 Å². The third-order valence-corrected chi connectivity index (χ3v) is 6.29. The number of aromatic nitrogens is 3. The molecule has 3 rings (SSSR count). The standard InChI is InChI=1S/C22H30N4O2S/c1-4-13-26-20(14-28-19-12-8-9-16(2)17(19)3)24-25-22(26)29-15-21(27)23-18-10-6-5-7-11-18/h4,8-9,12,18H,1,5-7,10-11,13-15H2,2-3H3,(H,23,27). The summed E-state index contributed by atoms with van der Waals surface area (Å²) in [6, 6.07) is 6.33. The molecule has 1 aliphatic carbocycles. The summed E-state index contributed by atoms with van der Waals surface area (Å²) >= 11 is 1.41. The monoisotopic (exact) mass is 414 g/mol. The summed E-state index contributed by atoms with van der Waals surface area (Å²) in [5.41, 5.74) is 2.31. The van der Waals surface area contributed by atoms with Crippen molar-refractivity contribution in [2.75, 3.05) is 5.75 Å². The van der Waals surface area contributed by atoms with Crippen LogP contribution in [0.15, 0.2) is 36.0 Å². The van der Waals surface area contributed by atoms with Crippen LogP contribution in [-0.2, 0) is 17.9 Å². The van der Waals surface area contributed by atoms with Crippen molar-refractivity contribution in [1.29, 1.82) is 0 Å². The summed E-state index contributed by atoms with van der Waals surface area (Å²) in [7, 11) is 0. The van der Waals surface area contributed by atoms with Gasteiger partial charge in [0.25, 0.3) is 0 Å². The van der Waals surface area contributed by atoms with Crippen LogP contribution in [0, 0.1) is 13.8 Å². The number of rotatable bonds is 9. The van der Waals surface area contributed by atoms with Gasteiger partial charge in [-0.2, -0.15) is 0 Å². The predicted octanol–water partition coefficient (Wildman–Crippen LogP) is 4.20. The molecule has 1 fully saturated rings. The largest absolute Gasteiger partial charge is 0.485 e. The van der Waals surface area contributed by atoms with Crippen molar-refractivity contribution in [2.45, 2.75) is 70.3 Å². The van der Waals surface area contributed by atoms with Gasteiger partial charge in [-0.1, -0.05) is 49.2 Å². The zero-order chi connectivity index (χ0) is 20.6. The van der Waals surface area contributed by atoms with Crippen molar-refractivity contribution in [3.63, 3.8) is 0 Å². The molecule has 6 nitrogen and oxygen atoms in total. The number of allylic oxidation sites excluding steroid dienone is 1. The molecule has 0 unspecified atom stereocenters. The Bertz CT molecular complexity index is 843. The van der Waals surface area contributed by atoms with E-state index in [4.69, 9.17) is 4.74 Å². The summed E-state index contributed by atoms with van der Waals surface area (Å²) in [6.45, 7) is 8.83. The molecule has 1 aromatic heterocycles. The Labute approximate surface area is 177 Å². The number of benzene rings is 1. The molecule has 7 heteroatoms. The molecule has 2 aromatic rings. The second-order valence-electron chi connectivity index (χ2n) is 7.48. The fourth-order valence-corrected chi connectivity index (χ4v) is 4.29. The van der Waals surface area contributed by atoms with Crippen LogP contribution in [0.5, 0.6) is 5.75 Å². The lowest BCUT2D eigenvalue weighted by atomic mass is 9.95. The van der Waals surface area contributed by atoms with Crippen molar-refractivity contribution in [1.82, 2.24) is 20.1 Å². The molecule has 1 N–H and O–H groups in total. The minimum atomic E-state index is 0.0586. The summed E-state index contributed by atoms with van der Waals surface area (Å²) < 4.78 is 7.94. The van der Waals surface area contributed by atoms with E-state index in [1.807, 2.05) is 23.6 Å². The van der Waals surface area contributed by atoms with Gasteiger partial charge in [0.1, 0.15) is 12.4 Å². The van der Waals surface area contributed by atoms with E-state index in [0.29, 0.717) is 30.1 Å². The number of aryl methyl sites for hydroxylation is 1. The zero-order valence-corrected chi connectivity index (χ0v) is 18.1. The first-order valence-corrected chi connectivity index (χ1v) is 11.2. The van der Waals surface area contributed by atoms with E-state index in [9.17, 15) is 4.79 Å². The molecule has 0 aliphatic heterocycles. The number of nitrogens with zero attached hydrogens (tertiary/aromatic N) is 3. The van der Waals surface area contributed by atoms with Crippen molar-refractivity contribution in [3.8, 4) is 5.75 Å². The number of ether oxygens (including phenoxy) is 1. The van der Waals surface area contributed by atoms with Crippen molar-refractivity contribution in [2.24, 2.45) is 0 Å². The van der Waals surface area contributed by atoms with Crippen LogP contribution in [0.3, 0.4) is 0 Å². The lowest BCUT2D eigenvalue weighted by Crippen LogP contribution is -2.37. The maximum atomic E-state index is 12.3. The van der Waals surface area contributed by atoms with E-state index >= 15 is 0 Å². The lowest BCUT2D eigenvalue weighted by molar-refractivity contribution is -0.119. The van der Waals surface area contributed by atoms with E-state index in [2.05, 4.69) is 35.1 Å². The Morgan fingerprint density at radius 3 is 2.86 bits per heavy atom. The Morgan fingerprint density at radius 1 is 1.31 bits per heavy atom. The summed E-state index contributed by atoms with van der Waals surface area (Å²) in [5.74, 6) is 1.97. The SMILES string of the molecule is C=CCn1c(COc2cccc(C)c2C)nnc1SCC(=O)NC1CCCCC1. The first-order valence-electron chi connectivity index (χ1n) is 10.2. The van der Waals surface area contributed by atoms with Gasteiger partial charge in [0.2, 0.25) is 5.91 Å². The first-order chi connectivity index (χ1) is 14.1. The Kier molecular flexibility index (Phi) is 7.75. The van der Waals surface area contributed by atoms with Gasteiger partial charge in [0.15, 0.2) is 11.0 Å². The number of carbonyl (C=O) groups excluding carboxylic acids is 1. The Morgan fingerprint density at radius 2 is 2.10 bits per heavy atom. The molecular formula is C22H30N4O2S. The average molecular weight is 415 g/mol. The van der Waals surface area contributed by atoms with Gasteiger partial charge in [-0.15, -0.1) is 16.8 Å². The molecule has 1 aliphatic rings. The molecule has 1 saturated carbocycles. The Balaban J connectivity index is 1.59. The van der Waals surface area contributed by atoms with Crippen LogP contribution in [0.4, 0.5) is 0 Å². The molecule has 156 valence electrons. The van der Waals surface area contributed by atoms with E-state index < -0.39 is 0 Å². The van der Waals surface area contributed by atoms with E-state index in [0.717, 1.165) is 30.0 Å². The molecule has 0 atom stereocenters. The molecule has 1 aromatic carbocycles. The normalized spacial score (nSPS) is 14.6. The lowest BCUT2D eigenvalue weighted by Gasteiger charge is -2.22. The van der Waals surface area contributed by atoms with Gasteiger partial charge in [-0.25, -0.2) is 0 Å². The average Bonchev–Trinajstić information content (AvgIpc) is 3.10. The molecule has 0 bridgehead atoms. The van der Waals surface area contributed by atoms with Crippen LogP contribution in [0.25, 0.3) is 0 Å². The van der Waals surface area contributed by atoms with E-state index in [-0.39, 0.29) is 5.91 Å². The summed E-state index contributed by atoms with van der Waals surface area (Å²) in [6.07, 6.45) is 7.66. The first kappa shape index (κ1) is 21.4. The van der Waals surface area contributed by atoms with E-state index in [1.165, 1.54) is 36.6 Å². The van der Waals surface area contributed by atoms with Crippen molar-refractivity contribution >= 4 is 17.7 Å². The third kappa shape index (κ3) is 5.85. The fraction of sp³-hybridized carbons (Fsp3) is 0.500. The summed E-state index contributed by atoms with van der Waals surface area (Å²) in [4.78, 5) is 12.3. The topological polar surface area (TPSA) is 69.0 Å². The number of hydrogen-bond donors (Lipinski definition) is 1. The number of carbonyl (C=O) groups is 1. The molecule has 0 saturated heterocycles. The zero-order valence-electron chi connectivity index (χ0n) is 17.3. The van der Waals surface area contributed by atoms with Gasteiger partial charge in [0, 0.05) is 12.6 Å². The molecule has 29 heavy (non-hydrogen) atoms. The van der Waals surface area contributed by atoms with Crippen LogP contribution < -0.4 is 10.1 Å². The second-order valence-corrected chi connectivity index (χ2v) is 8.42. The number of thioether (sulfide) groups is 1. The third-order valence-electron chi connectivity index (χ3n) is 5.32. The van der Waals surface area contributed by atoms with Gasteiger partial charge in [-0.05, 0) is 43.9 Å². The second kappa shape index (κ2) is 10.5. The van der Waals surface area contributed by atoms with Crippen molar-refractivity contribution < 1.29 is 9.53 Å². The van der Waals surface area contributed by atoms with Crippen LogP contribution in [0.2, 0.25) is 0 Å². The Hall–Kier alpha value is -2.28. The van der Waals surface area contributed by atoms with Crippen LogP contribution >= 0.6 is 11.8 Å². The maximum absolute atomic E-state index is 12.3. The fourth-order valence-electron chi connectivity index (χ4n) is 3.51. The minimum Gasteiger partial charge on any atom is -0.485 e. The number of hydrogen-bond acceptors (Lipinski definition) is 5. The van der Waals surface area contributed by atoms with Gasteiger partial charge < -0.3 is 10.1 Å². The maximum Gasteiger partial charge on any atom is 0.230 e. The molecular weight excluding hydrogens is 384 g/mol. The van der Waals surface area contributed by atoms with Crippen LogP contribution in [0.1, 0.15) is 49.1 Å². The highest BCUT2D eigenvalue weighted by atomic mass is 32.2. The molecule has 1 heterocycles.